The van der Waals surface area contributed by atoms with E-state index in [0.717, 1.165) is 21.8 Å². The average Bonchev–Trinajstić information content (AvgIpc) is 3.02. The molecule has 1 amide bonds. The van der Waals surface area contributed by atoms with Crippen LogP contribution in [0.15, 0.2) is 47.4 Å². The van der Waals surface area contributed by atoms with E-state index in [4.69, 9.17) is 0 Å². The van der Waals surface area contributed by atoms with Crippen LogP contribution >= 0.6 is 11.8 Å². The third-order valence-electron chi connectivity index (χ3n) is 3.80. The Morgan fingerprint density at radius 1 is 1.12 bits per heavy atom. The predicted molar refractivity (Wildman–Crippen MR) is 99.2 cm³/mol. The molecular weight excluding hydrogens is 334 g/mol. The third-order valence-corrected chi connectivity index (χ3v) is 4.97. The maximum absolute atomic E-state index is 12.3. The van der Waals surface area contributed by atoms with Crippen molar-refractivity contribution >= 4 is 23.4 Å². The normalized spacial score (nSPS) is 10.7. The van der Waals surface area contributed by atoms with Gasteiger partial charge in [0.15, 0.2) is 5.82 Å². The number of hydrogen-bond donors (Lipinski definition) is 1. The van der Waals surface area contributed by atoms with Crippen molar-refractivity contribution < 1.29 is 4.79 Å². The van der Waals surface area contributed by atoms with Gasteiger partial charge < -0.3 is 5.32 Å². The molecule has 0 aliphatic heterocycles. The van der Waals surface area contributed by atoms with Crippen LogP contribution in [-0.4, -0.2) is 31.9 Å². The first-order valence-corrected chi connectivity index (χ1v) is 8.87. The van der Waals surface area contributed by atoms with Gasteiger partial charge in [-0.3, -0.25) is 4.79 Å². The zero-order chi connectivity index (χ0) is 17.8. The Hall–Kier alpha value is -2.67. The minimum atomic E-state index is -0.0449. The molecule has 3 aromatic rings. The summed E-state index contributed by atoms with van der Waals surface area (Å²) in [5, 5.41) is 14.5. The van der Waals surface area contributed by atoms with Crippen molar-refractivity contribution in [2.75, 3.05) is 11.1 Å². The number of nitrogens with one attached hydrogen (secondary N) is 1. The second kappa shape index (κ2) is 7.48. The summed E-state index contributed by atoms with van der Waals surface area (Å²) >= 11 is 1.53. The van der Waals surface area contributed by atoms with Crippen molar-refractivity contribution in [3.05, 3.63) is 59.4 Å². The first-order chi connectivity index (χ1) is 12.0. The maximum atomic E-state index is 12.3. The van der Waals surface area contributed by atoms with E-state index in [-0.39, 0.29) is 5.91 Å². The van der Waals surface area contributed by atoms with Crippen LogP contribution in [0.5, 0.6) is 0 Å². The minimum absolute atomic E-state index is 0.0449. The lowest BCUT2D eigenvalue weighted by Gasteiger charge is -2.11. The van der Waals surface area contributed by atoms with Crippen molar-refractivity contribution in [2.45, 2.75) is 25.7 Å². The lowest BCUT2D eigenvalue weighted by atomic mass is 10.2. The molecule has 0 fully saturated rings. The summed E-state index contributed by atoms with van der Waals surface area (Å²) in [4.78, 5) is 13.4. The van der Waals surface area contributed by atoms with Crippen LogP contribution in [0.2, 0.25) is 0 Å². The molecule has 0 atom stereocenters. The molecule has 2 aromatic carbocycles. The molecule has 0 aliphatic rings. The van der Waals surface area contributed by atoms with Gasteiger partial charge in [0.05, 0.1) is 11.4 Å². The molecule has 128 valence electrons. The number of tetrazole rings is 1. The van der Waals surface area contributed by atoms with Gasteiger partial charge >= 0.3 is 0 Å². The van der Waals surface area contributed by atoms with E-state index in [2.05, 4.69) is 20.8 Å². The summed E-state index contributed by atoms with van der Waals surface area (Å²) in [6.07, 6.45) is 0. The summed E-state index contributed by atoms with van der Waals surface area (Å²) in [7, 11) is 0. The number of rotatable bonds is 5. The minimum Gasteiger partial charge on any atom is -0.325 e. The lowest BCUT2D eigenvalue weighted by Crippen LogP contribution is -2.14. The number of nitrogens with zero attached hydrogens (tertiary/aromatic N) is 4. The van der Waals surface area contributed by atoms with Gasteiger partial charge in [0.2, 0.25) is 5.91 Å². The highest BCUT2D eigenvalue weighted by Gasteiger charge is 2.10. The van der Waals surface area contributed by atoms with Gasteiger partial charge in [0.25, 0.3) is 0 Å². The Labute approximate surface area is 150 Å². The van der Waals surface area contributed by atoms with Gasteiger partial charge in [-0.25, -0.2) is 0 Å². The highest BCUT2D eigenvalue weighted by atomic mass is 32.2. The summed E-state index contributed by atoms with van der Waals surface area (Å²) in [5.74, 6) is 1.01. The van der Waals surface area contributed by atoms with Crippen LogP contribution in [0.3, 0.4) is 0 Å². The zero-order valence-electron chi connectivity index (χ0n) is 14.4. The quantitative estimate of drug-likeness (QED) is 0.713. The number of benzene rings is 2. The summed E-state index contributed by atoms with van der Waals surface area (Å²) in [6, 6.07) is 13.8. The van der Waals surface area contributed by atoms with Crippen LogP contribution in [0, 0.1) is 20.8 Å². The molecular formula is C18H19N5OS. The molecule has 25 heavy (non-hydrogen) atoms. The van der Waals surface area contributed by atoms with Crippen molar-refractivity contribution in [3.63, 3.8) is 0 Å². The molecule has 1 heterocycles. The van der Waals surface area contributed by atoms with E-state index < -0.39 is 0 Å². The van der Waals surface area contributed by atoms with E-state index in [1.807, 2.05) is 63.2 Å². The Bertz CT molecular complexity index is 906. The Balaban J connectivity index is 1.70. The number of carbonyl (C=O) groups excluding carboxylic acids is 1. The van der Waals surface area contributed by atoms with Gasteiger partial charge in [0.1, 0.15) is 0 Å². The van der Waals surface area contributed by atoms with Gasteiger partial charge in [-0.05, 0) is 60.5 Å². The van der Waals surface area contributed by atoms with Crippen molar-refractivity contribution in [2.24, 2.45) is 0 Å². The number of aryl methyl sites for hydroxylation is 3. The first-order valence-electron chi connectivity index (χ1n) is 7.89. The second-order valence-electron chi connectivity index (χ2n) is 5.74. The molecule has 1 aromatic heterocycles. The summed E-state index contributed by atoms with van der Waals surface area (Å²) in [6.45, 7) is 5.86. The Morgan fingerprint density at radius 2 is 1.92 bits per heavy atom. The fraction of sp³-hybridized carbons (Fsp3) is 0.222. The fourth-order valence-electron chi connectivity index (χ4n) is 2.43. The van der Waals surface area contributed by atoms with E-state index in [0.29, 0.717) is 11.6 Å². The lowest BCUT2D eigenvalue weighted by molar-refractivity contribution is -0.113. The number of amides is 1. The molecule has 6 nitrogen and oxygen atoms in total. The first kappa shape index (κ1) is 17.2. The number of anilines is 1. The van der Waals surface area contributed by atoms with E-state index in [1.165, 1.54) is 17.3 Å². The van der Waals surface area contributed by atoms with Crippen LogP contribution in [-0.2, 0) is 4.79 Å². The number of thioether (sulfide) groups is 1. The fourth-order valence-corrected chi connectivity index (χ4v) is 3.26. The molecule has 0 saturated carbocycles. The van der Waals surface area contributed by atoms with Gasteiger partial charge in [0, 0.05) is 10.6 Å². The van der Waals surface area contributed by atoms with Crippen LogP contribution in [0.4, 0.5) is 5.69 Å². The van der Waals surface area contributed by atoms with Crippen molar-refractivity contribution in [1.29, 1.82) is 0 Å². The second-order valence-corrected chi connectivity index (χ2v) is 6.76. The number of hydrogen-bond acceptors (Lipinski definition) is 5. The SMILES string of the molecule is Cc1ccccc1SCC(=O)Nc1ccc(C)c(-n2nnnc2C)c1. The molecule has 0 saturated heterocycles. The van der Waals surface area contributed by atoms with Crippen LogP contribution in [0.25, 0.3) is 5.69 Å². The van der Waals surface area contributed by atoms with Crippen molar-refractivity contribution in [1.82, 2.24) is 20.2 Å². The number of aromatic nitrogens is 4. The highest BCUT2D eigenvalue weighted by Crippen LogP contribution is 2.23. The average molecular weight is 353 g/mol. The van der Waals surface area contributed by atoms with E-state index in [1.54, 1.807) is 4.68 Å². The molecule has 7 heteroatoms. The van der Waals surface area contributed by atoms with E-state index in [9.17, 15) is 4.79 Å². The smallest absolute Gasteiger partial charge is 0.234 e. The summed E-state index contributed by atoms with van der Waals surface area (Å²) in [5.41, 5.74) is 3.78. The number of carbonyl (C=O) groups is 1. The molecule has 0 bridgehead atoms. The van der Waals surface area contributed by atoms with E-state index >= 15 is 0 Å². The molecule has 0 unspecified atom stereocenters. The molecule has 0 spiro atoms. The topological polar surface area (TPSA) is 72.7 Å². The standard InChI is InChI=1S/C18H19N5OS/c1-12-8-9-15(10-16(12)23-14(3)20-21-22-23)19-18(24)11-25-17-7-5-4-6-13(17)2/h4-10H,11H2,1-3H3,(H,19,24). The molecule has 0 radical (unpaired) electrons. The zero-order valence-corrected chi connectivity index (χ0v) is 15.2. The highest BCUT2D eigenvalue weighted by molar-refractivity contribution is 8.00. The predicted octanol–water partition coefficient (Wildman–Crippen LogP) is 3.32. The monoisotopic (exact) mass is 353 g/mol. The van der Waals surface area contributed by atoms with Gasteiger partial charge in [-0.1, -0.05) is 24.3 Å². The molecule has 1 N–H and O–H groups in total. The van der Waals surface area contributed by atoms with Crippen LogP contribution in [0.1, 0.15) is 17.0 Å². The molecule has 3 rings (SSSR count). The summed E-state index contributed by atoms with van der Waals surface area (Å²) < 4.78 is 1.66. The maximum Gasteiger partial charge on any atom is 0.234 e. The largest absolute Gasteiger partial charge is 0.325 e. The van der Waals surface area contributed by atoms with Gasteiger partial charge in [-0.2, -0.15) is 4.68 Å². The third kappa shape index (κ3) is 4.06. The van der Waals surface area contributed by atoms with Gasteiger partial charge in [-0.15, -0.1) is 16.9 Å². The van der Waals surface area contributed by atoms with Crippen molar-refractivity contribution in [3.8, 4) is 5.69 Å². The Morgan fingerprint density at radius 3 is 2.64 bits per heavy atom. The van der Waals surface area contributed by atoms with Crippen LogP contribution < -0.4 is 5.32 Å². The Kier molecular flexibility index (Phi) is 5.14. The molecule has 0 aliphatic carbocycles.